The molecule has 0 heterocycles. The second kappa shape index (κ2) is 10.2. The van der Waals surface area contributed by atoms with Crippen molar-refractivity contribution < 1.29 is 9.47 Å². The highest BCUT2D eigenvalue weighted by Gasteiger charge is 2.21. The Morgan fingerprint density at radius 1 is 0.486 bits per heavy atom. The van der Waals surface area contributed by atoms with E-state index in [1.165, 1.54) is 16.3 Å². The Kier molecular flexibility index (Phi) is 6.49. The average Bonchev–Trinajstić information content (AvgIpc) is 2.93. The molecule has 3 heteroatoms. The van der Waals surface area contributed by atoms with Crippen LogP contribution in [0, 0.1) is 0 Å². The third-order valence-corrected chi connectivity index (χ3v) is 6.10. The number of fused-ring (bicyclic) bond motifs is 1. The van der Waals surface area contributed by atoms with Gasteiger partial charge in [0.05, 0.1) is 31.3 Å². The fourth-order valence-corrected chi connectivity index (χ4v) is 4.43. The molecule has 0 unspecified atom stereocenters. The highest BCUT2D eigenvalue weighted by Crippen LogP contribution is 2.45. The van der Waals surface area contributed by atoms with Crippen molar-refractivity contribution >= 4 is 40.0 Å². The van der Waals surface area contributed by atoms with Crippen LogP contribution in [0.2, 0.25) is 0 Å². The predicted octanol–water partition coefficient (Wildman–Crippen LogP) is 8.50. The van der Waals surface area contributed by atoms with Crippen LogP contribution in [0.4, 0.5) is 17.1 Å². The van der Waals surface area contributed by atoms with Gasteiger partial charge in [-0.05, 0) is 52.2 Å². The lowest BCUT2D eigenvalue weighted by molar-refractivity contribution is 0.412. The molecular weight excluding hydrogens is 430 g/mol. The fourth-order valence-electron chi connectivity index (χ4n) is 4.43. The Morgan fingerprint density at radius 3 is 1.66 bits per heavy atom. The third-order valence-electron chi connectivity index (χ3n) is 6.10. The van der Waals surface area contributed by atoms with Gasteiger partial charge >= 0.3 is 0 Å². The molecule has 0 radical (unpaired) electrons. The van der Waals surface area contributed by atoms with Gasteiger partial charge in [-0.15, -0.1) is 0 Å². The Bertz CT molecular complexity index is 1440. The highest BCUT2D eigenvalue weighted by atomic mass is 16.5. The summed E-state index contributed by atoms with van der Waals surface area (Å²) in [6.07, 6.45) is 4.36. The summed E-state index contributed by atoms with van der Waals surface area (Å²) in [7, 11) is 3.40. The lowest BCUT2D eigenvalue weighted by atomic mass is 10.0. The molecule has 172 valence electrons. The van der Waals surface area contributed by atoms with E-state index >= 15 is 0 Å². The summed E-state index contributed by atoms with van der Waals surface area (Å²) in [6, 6.07) is 39.3. The number of methoxy groups -OCH3 is 2. The Balaban J connectivity index is 1.68. The average molecular weight is 458 g/mol. The van der Waals surface area contributed by atoms with E-state index in [-0.39, 0.29) is 0 Å². The van der Waals surface area contributed by atoms with Crippen LogP contribution in [-0.2, 0) is 0 Å². The largest absolute Gasteiger partial charge is 0.495 e. The minimum absolute atomic E-state index is 0.784. The van der Waals surface area contributed by atoms with Crippen molar-refractivity contribution in [2.24, 2.45) is 0 Å². The molecule has 0 atom stereocenters. The molecule has 0 saturated carbocycles. The van der Waals surface area contributed by atoms with Crippen molar-refractivity contribution in [2.75, 3.05) is 19.1 Å². The van der Waals surface area contributed by atoms with Gasteiger partial charge in [-0.25, -0.2) is 0 Å². The first kappa shape index (κ1) is 22.3. The maximum absolute atomic E-state index is 5.76. The zero-order valence-electron chi connectivity index (χ0n) is 19.9. The minimum atomic E-state index is 0.784. The molecule has 0 aliphatic rings. The van der Waals surface area contributed by atoms with E-state index in [1.54, 1.807) is 14.2 Å². The molecular formula is C32H27NO2. The SMILES string of the molecule is COc1ccccc1N(c1ccccc1C=Cc1cccc2ccccc12)c1ccccc1OC. The van der Waals surface area contributed by atoms with Crippen LogP contribution in [0.1, 0.15) is 11.1 Å². The zero-order valence-corrected chi connectivity index (χ0v) is 19.9. The summed E-state index contributed by atoms with van der Waals surface area (Å²) in [5, 5.41) is 2.46. The van der Waals surface area contributed by atoms with E-state index < -0.39 is 0 Å². The molecule has 5 rings (SSSR count). The van der Waals surface area contributed by atoms with Crippen LogP contribution in [0.15, 0.2) is 115 Å². The Labute approximate surface area is 206 Å². The van der Waals surface area contributed by atoms with E-state index in [0.29, 0.717) is 0 Å². The number of anilines is 3. The van der Waals surface area contributed by atoms with E-state index in [0.717, 1.165) is 34.1 Å². The van der Waals surface area contributed by atoms with Crippen LogP contribution in [0.3, 0.4) is 0 Å². The topological polar surface area (TPSA) is 21.7 Å². The summed E-state index contributed by atoms with van der Waals surface area (Å²) >= 11 is 0. The van der Waals surface area contributed by atoms with Gasteiger partial charge in [0.25, 0.3) is 0 Å². The zero-order chi connectivity index (χ0) is 24.0. The van der Waals surface area contributed by atoms with E-state index in [9.17, 15) is 0 Å². The lowest BCUT2D eigenvalue weighted by Crippen LogP contribution is -2.13. The summed E-state index contributed by atoms with van der Waals surface area (Å²) in [5.74, 6) is 1.57. The van der Waals surface area contributed by atoms with E-state index in [2.05, 4.69) is 95.9 Å². The molecule has 0 amide bonds. The molecule has 5 aromatic carbocycles. The fraction of sp³-hybridized carbons (Fsp3) is 0.0625. The molecule has 35 heavy (non-hydrogen) atoms. The van der Waals surface area contributed by atoms with Crippen molar-refractivity contribution in [3.8, 4) is 11.5 Å². The van der Waals surface area contributed by atoms with Gasteiger partial charge in [0.15, 0.2) is 0 Å². The molecule has 0 fully saturated rings. The lowest BCUT2D eigenvalue weighted by Gasteiger charge is -2.29. The number of hydrogen-bond donors (Lipinski definition) is 0. The van der Waals surface area contributed by atoms with Crippen LogP contribution in [0.5, 0.6) is 11.5 Å². The Morgan fingerprint density at radius 2 is 0.971 bits per heavy atom. The molecule has 0 spiro atoms. The van der Waals surface area contributed by atoms with Gasteiger partial charge < -0.3 is 14.4 Å². The van der Waals surface area contributed by atoms with E-state index in [1.807, 2.05) is 36.4 Å². The maximum atomic E-state index is 5.76. The van der Waals surface area contributed by atoms with Gasteiger partial charge in [-0.2, -0.15) is 0 Å². The quantitative estimate of drug-likeness (QED) is 0.229. The Hall–Kier alpha value is -4.50. The summed E-state index contributed by atoms with van der Waals surface area (Å²) in [4.78, 5) is 2.19. The molecule has 0 bridgehead atoms. The first-order valence-electron chi connectivity index (χ1n) is 11.6. The smallest absolute Gasteiger partial charge is 0.142 e. The predicted molar refractivity (Wildman–Crippen MR) is 147 cm³/mol. The summed E-state index contributed by atoms with van der Waals surface area (Å²) in [6.45, 7) is 0. The number of para-hydroxylation sites is 5. The highest BCUT2D eigenvalue weighted by molar-refractivity contribution is 5.95. The van der Waals surface area contributed by atoms with Crippen molar-refractivity contribution in [1.29, 1.82) is 0 Å². The number of benzene rings is 5. The monoisotopic (exact) mass is 457 g/mol. The maximum Gasteiger partial charge on any atom is 0.142 e. The molecule has 0 aliphatic heterocycles. The first-order valence-corrected chi connectivity index (χ1v) is 11.6. The number of nitrogens with zero attached hydrogens (tertiary/aromatic N) is 1. The van der Waals surface area contributed by atoms with Gasteiger partial charge in [-0.1, -0.05) is 97.1 Å². The van der Waals surface area contributed by atoms with Gasteiger partial charge in [-0.3, -0.25) is 0 Å². The molecule has 0 aromatic heterocycles. The van der Waals surface area contributed by atoms with Crippen LogP contribution < -0.4 is 14.4 Å². The normalized spacial score (nSPS) is 11.0. The van der Waals surface area contributed by atoms with Crippen molar-refractivity contribution in [3.05, 3.63) is 126 Å². The molecule has 3 nitrogen and oxygen atoms in total. The third kappa shape index (κ3) is 4.49. The molecule has 0 aliphatic carbocycles. The van der Waals surface area contributed by atoms with Gasteiger partial charge in [0.2, 0.25) is 0 Å². The molecule has 5 aromatic rings. The second-order valence-corrected chi connectivity index (χ2v) is 8.14. The standard InChI is InChI=1S/C32H27NO2/c1-34-31-20-9-7-18-29(31)33(30-19-8-10-21-32(30)35-2)28-17-6-4-13-26(28)23-22-25-15-11-14-24-12-3-5-16-27(24)25/h3-23H,1-2H3. The number of rotatable bonds is 7. The summed E-state index contributed by atoms with van der Waals surface area (Å²) in [5.41, 5.74) is 5.16. The van der Waals surface area contributed by atoms with Crippen LogP contribution in [0.25, 0.3) is 22.9 Å². The van der Waals surface area contributed by atoms with Crippen LogP contribution in [-0.4, -0.2) is 14.2 Å². The minimum Gasteiger partial charge on any atom is -0.495 e. The van der Waals surface area contributed by atoms with Crippen molar-refractivity contribution in [2.45, 2.75) is 0 Å². The second-order valence-electron chi connectivity index (χ2n) is 8.14. The summed E-state index contributed by atoms with van der Waals surface area (Å²) < 4.78 is 11.5. The molecule has 0 saturated heterocycles. The number of ether oxygens (including phenoxy) is 2. The number of hydrogen-bond acceptors (Lipinski definition) is 3. The first-order chi connectivity index (χ1) is 17.3. The van der Waals surface area contributed by atoms with E-state index in [4.69, 9.17) is 9.47 Å². The molecule has 0 N–H and O–H groups in total. The van der Waals surface area contributed by atoms with Crippen molar-refractivity contribution in [1.82, 2.24) is 0 Å². The van der Waals surface area contributed by atoms with Crippen molar-refractivity contribution in [3.63, 3.8) is 0 Å². The van der Waals surface area contributed by atoms with Gasteiger partial charge in [0.1, 0.15) is 11.5 Å². The van der Waals surface area contributed by atoms with Gasteiger partial charge in [0, 0.05) is 0 Å². The van der Waals surface area contributed by atoms with Crippen LogP contribution >= 0.6 is 0 Å².